The molecule has 5 heteroatoms. The summed E-state index contributed by atoms with van der Waals surface area (Å²) in [6.07, 6.45) is 2.66. The van der Waals surface area contributed by atoms with Crippen LogP contribution in [-0.2, 0) is 9.53 Å². The fourth-order valence-corrected chi connectivity index (χ4v) is 3.21. The predicted octanol–water partition coefficient (Wildman–Crippen LogP) is 2.80. The van der Waals surface area contributed by atoms with E-state index < -0.39 is 0 Å². The van der Waals surface area contributed by atoms with Crippen molar-refractivity contribution < 1.29 is 9.53 Å². The van der Waals surface area contributed by atoms with Crippen molar-refractivity contribution in [1.29, 1.82) is 5.26 Å². The number of ether oxygens (including phenoxy) is 1. The summed E-state index contributed by atoms with van der Waals surface area (Å²) in [6.45, 7) is 1.68. The lowest BCUT2D eigenvalue weighted by Crippen LogP contribution is -2.19. The number of hydrogen-bond acceptors (Lipinski definition) is 4. The minimum atomic E-state index is -0.000325. The molecule has 2 rings (SSSR count). The van der Waals surface area contributed by atoms with E-state index in [9.17, 15) is 4.79 Å². The zero-order chi connectivity index (χ0) is 14.2. The van der Waals surface area contributed by atoms with Gasteiger partial charge in [-0.3, -0.25) is 4.79 Å². The first-order valence-electron chi connectivity index (χ1n) is 6.77. The van der Waals surface area contributed by atoms with Gasteiger partial charge in [0.15, 0.2) is 0 Å². The van der Waals surface area contributed by atoms with Gasteiger partial charge < -0.3 is 10.1 Å². The van der Waals surface area contributed by atoms with Crippen LogP contribution < -0.4 is 5.32 Å². The van der Waals surface area contributed by atoms with E-state index in [4.69, 9.17) is 10.00 Å². The number of amides is 1. The highest BCUT2D eigenvalue weighted by Crippen LogP contribution is 2.22. The number of nitrogens with zero attached hydrogens (tertiary/aromatic N) is 1. The Morgan fingerprint density at radius 1 is 1.45 bits per heavy atom. The molecular formula is C15H18N2O2S. The average molecular weight is 290 g/mol. The summed E-state index contributed by atoms with van der Waals surface area (Å²) in [5, 5.41) is 12.3. The molecule has 0 aliphatic carbocycles. The lowest BCUT2D eigenvalue weighted by atomic mass is 10.2. The van der Waals surface area contributed by atoms with Gasteiger partial charge in [-0.1, -0.05) is 6.07 Å². The molecule has 0 bridgehead atoms. The average Bonchev–Trinajstić information content (AvgIpc) is 2.48. The molecule has 1 aliphatic heterocycles. The van der Waals surface area contributed by atoms with E-state index in [-0.39, 0.29) is 5.91 Å². The number of thioether (sulfide) groups is 1. The van der Waals surface area contributed by atoms with Crippen molar-refractivity contribution in [3.05, 3.63) is 29.8 Å². The van der Waals surface area contributed by atoms with Crippen LogP contribution in [-0.4, -0.2) is 30.1 Å². The standard InChI is InChI=1S/C15H18N2O2S/c16-11-12-2-1-3-13(10-12)17-15(18)6-9-20-14-4-7-19-8-5-14/h1-3,10,14H,4-9H2,(H,17,18). The number of nitriles is 1. The summed E-state index contributed by atoms with van der Waals surface area (Å²) in [4.78, 5) is 11.8. The maximum atomic E-state index is 11.8. The molecule has 1 aliphatic rings. The molecule has 0 unspecified atom stereocenters. The van der Waals surface area contributed by atoms with E-state index in [2.05, 4.69) is 11.4 Å². The van der Waals surface area contributed by atoms with Crippen molar-refractivity contribution in [3.63, 3.8) is 0 Å². The highest BCUT2D eigenvalue weighted by atomic mass is 32.2. The molecule has 1 N–H and O–H groups in total. The van der Waals surface area contributed by atoms with Gasteiger partial charge in [-0.2, -0.15) is 17.0 Å². The SMILES string of the molecule is N#Cc1cccc(NC(=O)CCSC2CCOCC2)c1. The van der Waals surface area contributed by atoms with Crippen molar-refractivity contribution in [3.8, 4) is 6.07 Å². The largest absolute Gasteiger partial charge is 0.381 e. The number of hydrogen-bond donors (Lipinski definition) is 1. The first-order chi connectivity index (χ1) is 9.78. The van der Waals surface area contributed by atoms with Gasteiger partial charge in [0.25, 0.3) is 0 Å². The molecule has 1 aromatic rings. The van der Waals surface area contributed by atoms with Crippen molar-refractivity contribution in [2.24, 2.45) is 0 Å². The highest BCUT2D eigenvalue weighted by Gasteiger charge is 2.14. The molecule has 0 radical (unpaired) electrons. The van der Waals surface area contributed by atoms with Gasteiger partial charge >= 0.3 is 0 Å². The van der Waals surface area contributed by atoms with E-state index in [1.165, 1.54) is 0 Å². The summed E-state index contributed by atoms with van der Waals surface area (Å²) >= 11 is 1.85. The third-order valence-electron chi connectivity index (χ3n) is 3.13. The molecule has 0 spiro atoms. The second kappa shape index (κ2) is 7.93. The Kier molecular flexibility index (Phi) is 5.90. The number of rotatable bonds is 5. The van der Waals surface area contributed by atoms with Gasteiger partial charge in [0, 0.05) is 36.3 Å². The Labute approximate surface area is 123 Å². The number of carbonyl (C=O) groups excluding carboxylic acids is 1. The number of nitrogens with one attached hydrogen (secondary N) is 1. The lowest BCUT2D eigenvalue weighted by molar-refractivity contribution is -0.115. The summed E-state index contributed by atoms with van der Waals surface area (Å²) in [7, 11) is 0. The molecule has 20 heavy (non-hydrogen) atoms. The Bertz CT molecular complexity index is 493. The molecule has 0 saturated carbocycles. The van der Waals surface area contributed by atoms with Gasteiger partial charge in [-0.25, -0.2) is 0 Å². The van der Waals surface area contributed by atoms with E-state index >= 15 is 0 Å². The van der Waals surface area contributed by atoms with Gasteiger partial charge in [0.1, 0.15) is 0 Å². The zero-order valence-electron chi connectivity index (χ0n) is 11.3. The second-order valence-corrected chi connectivity index (χ2v) is 6.08. The molecule has 106 valence electrons. The lowest BCUT2D eigenvalue weighted by Gasteiger charge is -2.21. The number of anilines is 1. The molecule has 1 saturated heterocycles. The van der Waals surface area contributed by atoms with Crippen molar-refractivity contribution in [1.82, 2.24) is 0 Å². The molecule has 0 atom stereocenters. The second-order valence-electron chi connectivity index (χ2n) is 4.67. The minimum Gasteiger partial charge on any atom is -0.381 e. The van der Waals surface area contributed by atoms with Crippen LogP contribution in [0, 0.1) is 11.3 Å². The van der Waals surface area contributed by atoms with Crippen LogP contribution in [0.25, 0.3) is 0 Å². The van der Waals surface area contributed by atoms with E-state index in [1.54, 1.807) is 24.3 Å². The molecular weight excluding hydrogens is 272 g/mol. The maximum absolute atomic E-state index is 11.8. The molecule has 1 fully saturated rings. The normalized spacial score (nSPS) is 15.6. The van der Waals surface area contributed by atoms with Crippen LogP contribution in [0.4, 0.5) is 5.69 Å². The quantitative estimate of drug-likeness (QED) is 0.905. The first kappa shape index (κ1) is 14.9. The summed E-state index contributed by atoms with van der Waals surface area (Å²) < 4.78 is 5.31. The smallest absolute Gasteiger partial charge is 0.225 e. The van der Waals surface area contributed by atoms with Crippen LogP contribution in [0.2, 0.25) is 0 Å². The van der Waals surface area contributed by atoms with Crippen LogP contribution in [0.3, 0.4) is 0 Å². The molecule has 0 aromatic heterocycles. The van der Waals surface area contributed by atoms with E-state index in [1.807, 2.05) is 11.8 Å². The van der Waals surface area contributed by atoms with Crippen LogP contribution in [0.15, 0.2) is 24.3 Å². The molecule has 4 nitrogen and oxygen atoms in total. The van der Waals surface area contributed by atoms with Gasteiger partial charge in [-0.15, -0.1) is 0 Å². The van der Waals surface area contributed by atoms with Crippen molar-refractivity contribution in [2.75, 3.05) is 24.3 Å². The Hall–Kier alpha value is -1.51. The first-order valence-corrected chi connectivity index (χ1v) is 7.82. The summed E-state index contributed by atoms with van der Waals surface area (Å²) in [6, 6.07) is 9.03. The topological polar surface area (TPSA) is 62.1 Å². The Balaban J connectivity index is 1.70. The van der Waals surface area contributed by atoms with Crippen LogP contribution in [0.1, 0.15) is 24.8 Å². The van der Waals surface area contributed by atoms with Crippen LogP contribution >= 0.6 is 11.8 Å². The Morgan fingerprint density at radius 3 is 3.00 bits per heavy atom. The predicted molar refractivity (Wildman–Crippen MR) is 80.7 cm³/mol. The third kappa shape index (κ3) is 4.87. The van der Waals surface area contributed by atoms with Crippen LogP contribution in [0.5, 0.6) is 0 Å². The minimum absolute atomic E-state index is 0.000325. The fraction of sp³-hybridized carbons (Fsp3) is 0.467. The molecule has 1 heterocycles. The van der Waals surface area contributed by atoms with E-state index in [0.717, 1.165) is 31.8 Å². The van der Waals surface area contributed by atoms with Gasteiger partial charge in [0.2, 0.25) is 5.91 Å². The number of carbonyl (C=O) groups is 1. The zero-order valence-corrected chi connectivity index (χ0v) is 12.1. The monoisotopic (exact) mass is 290 g/mol. The summed E-state index contributed by atoms with van der Waals surface area (Å²) in [5.74, 6) is 0.827. The van der Waals surface area contributed by atoms with Crippen molar-refractivity contribution in [2.45, 2.75) is 24.5 Å². The Morgan fingerprint density at radius 2 is 2.25 bits per heavy atom. The third-order valence-corrected chi connectivity index (χ3v) is 4.51. The number of benzene rings is 1. The maximum Gasteiger partial charge on any atom is 0.225 e. The fourth-order valence-electron chi connectivity index (χ4n) is 2.05. The van der Waals surface area contributed by atoms with Gasteiger partial charge in [0.05, 0.1) is 11.6 Å². The summed E-state index contributed by atoms with van der Waals surface area (Å²) in [5.41, 5.74) is 1.24. The molecule has 1 aromatic carbocycles. The molecule has 1 amide bonds. The van der Waals surface area contributed by atoms with Gasteiger partial charge in [-0.05, 0) is 31.0 Å². The highest BCUT2D eigenvalue weighted by molar-refractivity contribution is 7.99. The van der Waals surface area contributed by atoms with E-state index in [0.29, 0.717) is 22.9 Å². The van der Waals surface area contributed by atoms with Crippen molar-refractivity contribution >= 4 is 23.4 Å².